The Balaban J connectivity index is 0.000000583. The second-order valence-corrected chi connectivity index (χ2v) is 4.46. The third-order valence-corrected chi connectivity index (χ3v) is 3.48. The summed E-state index contributed by atoms with van der Waals surface area (Å²) in [6.45, 7) is 15.6. The molecule has 0 aromatic carbocycles. The van der Waals surface area contributed by atoms with Gasteiger partial charge in [0.2, 0.25) is 0 Å². The van der Waals surface area contributed by atoms with Gasteiger partial charge in [0, 0.05) is 5.92 Å². The second-order valence-electron chi connectivity index (χ2n) is 4.46. The molecule has 0 saturated heterocycles. The Morgan fingerprint density at radius 2 is 1.71 bits per heavy atom. The van der Waals surface area contributed by atoms with Crippen LogP contribution in [0, 0.1) is 23.7 Å². The van der Waals surface area contributed by atoms with E-state index in [1.165, 1.54) is 5.57 Å². The van der Waals surface area contributed by atoms with Gasteiger partial charge in [-0.15, -0.1) is 13.2 Å². The van der Waals surface area contributed by atoms with Gasteiger partial charge in [-0.2, -0.15) is 0 Å². The maximum absolute atomic E-state index is 4.18. The van der Waals surface area contributed by atoms with Crippen molar-refractivity contribution in [1.29, 1.82) is 0 Å². The molecule has 1 fully saturated rings. The van der Waals surface area contributed by atoms with Crippen molar-refractivity contribution in [3.05, 3.63) is 61.8 Å². The fourth-order valence-corrected chi connectivity index (χ4v) is 2.61. The molecule has 0 heterocycles. The van der Waals surface area contributed by atoms with Crippen molar-refractivity contribution in [2.45, 2.75) is 21.3 Å². The van der Waals surface area contributed by atoms with Gasteiger partial charge in [0.15, 0.2) is 0 Å². The number of rotatable bonds is 1. The molecular formula is C17H26. The van der Waals surface area contributed by atoms with Crippen LogP contribution in [0.2, 0.25) is 0 Å². The van der Waals surface area contributed by atoms with Gasteiger partial charge in [-0.1, -0.05) is 63.0 Å². The maximum atomic E-state index is 4.18. The molecule has 1 saturated carbocycles. The van der Waals surface area contributed by atoms with Gasteiger partial charge in [0.1, 0.15) is 0 Å². The Morgan fingerprint density at radius 3 is 2.24 bits per heavy atom. The molecule has 2 aliphatic carbocycles. The summed E-state index contributed by atoms with van der Waals surface area (Å²) in [6.07, 6.45) is 12.7. The minimum Gasteiger partial charge on any atom is -0.103 e. The maximum Gasteiger partial charge on any atom is 0.00489 e. The Kier molecular flexibility index (Phi) is 6.57. The lowest BCUT2D eigenvalue weighted by atomic mass is 9.85. The third kappa shape index (κ3) is 3.09. The van der Waals surface area contributed by atoms with Crippen LogP contribution in [0.15, 0.2) is 61.8 Å². The molecule has 0 radical (unpaired) electrons. The van der Waals surface area contributed by atoms with E-state index in [0.717, 1.165) is 0 Å². The molecule has 0 N–H and O–H groups in total. The van der Waals surface area contributed by atoms with Crippen LogP contribution in [0.5, 0.6) is 0 Å². The first kappa shape index (κ1) is 15.7. The minimum atomic E-state index is 0. The van der Waals surface area contributed by atoms with Crippen LogP contribution in [0.3, 0.4) is 0 Å². The van der Waals surface area contributed by atoms with Crippen molar-refractivity contribution >= 4 is 0 Å². The first-order valence-corrected chi connectivity index (χ1v) is 5.90. The third-order valence-electron chi connectivity index (χ3n) is 3.48. The predicted octanol–water partition coefficient (Wildman–Crippen LogP) is 5.18. The lowest BCUT2D eigenvalue weighted by Crippen LogP contribution is -2.12. The summed E-state index contributed by atoms with van der Waals surface area (Å²) in [6, 6.07) is 0. The molecule has 0 bridgehead atoms. The number of fused-ring (bicyclic) bond motifs is 1. The Hall–Kier alpha value is -1.30. The van der Waals surface area contributed by atoms with Crippen LogP contribution in [-0.4, -0.2) is 0 Å². The summed E-state index contributed by atoms with van der Waals surface area (Å²) in [7, 11) is 0. The van der Waals surface area contributed by atoms with E-state index in [2.05, 4.69) is 57.0 Å². The molecule has 0 heteroatoms. The second kappa shape index (κ2) is 7.11. The molecule has 0 amide bonds. The highest BCUT2D eigenvalue weighted by Gasteiger charge is 2.39. The average molecular weight is 230 g/mol. The van der Waals surface area contributed by atoms with Crippen LogP contribution >= 0.6 is 0 Å². The summed E-state index contributed by atoms with van der Waals surface area (Å²) in [5.41, 5.74) is 1.37. The van der Waals surface area contributed by atoms with Crippen LogP contribution in [0.4, 0.5) is 0 Å². The van der Waals surface area contributed by atoms with Gasteiger partial charge in [0.25, 0.3) is 0 Å². The quantitative estimate of drug-likeness (QED) is 0.544. The molecule has 2 aliphatic rings. The summed E-state index contributed by atoms with van der Waals surface area (Å²) in [5, 5.41) is 0. The van der Waals surface area contributed by atoms with E-state index < -0.39 is 0 Å². The smallest absolute Gasteiger partial charge is 0.00489 e. The van der Waals surface area contributed by atoms with Crippen LogP contribution < -0.4 is 0 Å². The zero-order chi connectivity index (χ0) is 12.1. The van der Waals surface area contributed by atoms with E-state index in [4.69, 9.17) is 0 Å². The van der Waals surface area contributed by atoms with Gasteiger partial charge in [-0.05, 0) is 24.7 Å². The van der Waals surface area contributed by atoms with Crippen molar-refractivity contribution in [1.82, 2.24) is 0 Å². The van der Waals surface area contributed by atoms with Crippen LogP contribution in [0.1, 0.15) is 21.3 Å². The molecule has 17 heavy (non-hydrogen) atoms. The van der Waals surface area contributed by atoms with Crippen molar-refractivity contribution in [3.8, 4) is 0 Å². The highest BCUT2D eigenvalue weighted by atomic mass is 14.4. The van der Waals surface area contributed by atoms with Crippen molar-refractivity contribution in [2.75, 3.05) is 0 Å². The van der Waals surface area contributed by atoms with E-state index in [0.29, 0.717) is 23.7 Å². The fourth-order valence-electron chi connectivity index (χ4n) is 2.61. The zero-order valence-corrected chi connectivity index (χ0v) is 10.4. The van der Waals surface area contributed by atoms with E-state index in [9.17, 15) is 0 Å². The van der Waals surface area contributed by atoms with Crippen molar-refractivity contribution < 1.29 is 0 Å². The summed E-state index contributed by atoms with van der Waals surface area (Å²) in [4.78, 5) is 0. The largest absolute Gasteiger partial charge is 0.103 e. The van der Waals surface area contributed by atoms with E-state index in [1.54, 1.807) is 6.08 Å². The van der Waals surface area contributed by atoms with Gasteiger partial charge in [-0.25, -0.2) is 0 Å². The van der Waals surface area contributed by atoms with Gasteiger partial charge < -0.3 is 0 Å². The number of allylic oxidation sites excluding steroid dienone is 7. The lowest BCUT2D eigenvalue weighted by molar-refractivity contribution is 0.445. The van der Waals surface area contributed by atoms with E-state index in [1.807, 2.05) is 6.92 Å². The number of hydrogen-bond acceptors (Lipinski definition) is 0. The Bertz CT molecular complexity index is 330. The molecule has 0 nitrogen and oxygen atoms in total. The van der Waals surface area contributed by atoms with Gasteiger partial charge in [-0.3, -0.25) is 0 Å². The van der Waals surface area contributed by atoms with Crippen molar-refractivity contribution in [3.63, 3.8) is 0 Å². The SMILES string of the molecule is C.C=CC.C=CC1C(C)C(=C)C2C=CC=CC21. The molecule has 94 valence electrons. The first-order valence-electron chi connectivity index (χ1n) is 5.90. The average Bonchev–Trinajstić information content (AvgIpc) is 2.53. The molecule has 4 atom stereocenters. The predicted molar refractivity (Wildman–Crippen MR) is 79.9 cm³/mol. The number of hydrogen-bond donors (Lipinski definition) is 0. The molecule has 0 aliphatic heterocycles. The standard InChI is InChI=1S/C13H16.C3H6.CH4/c1-4-11-9(2)10(3)12-7-5-6-8-13(11)12;1-3-2;/h4-9,11-13H,1,3H2,2H3;3H,1H2,2H3;1H4. The summed E-state index contributed by atoms with van der Waals surface area (Å²) >= 11 is 0. The van der Waals surface area contributed by atoms with Crippen LogP contribution in [0.25, 0.3) is 0 Å². The molecule has 0 spiro atoms. The van der Waals surface area contributed by atoms with E-state index >= 15 is 0 Å². The monoisotopic (exact) mass is 230 g/mol. The Morgan fingerprint density at radius 1 is 1.18 bits per heavy atom. The fraction of sp³-hybridized carbons (Fsp3) is 0.412. The minimum absolute atomic E-state index is 0. The Labute approximate surface area is 107 Å². The molecule has 0 aromatic heterocycles. The summed E-state index contributed by atoms with van der Waals surface area (Å²) in [5.74, 6) is 2.34. The summed E-state index contributed by atoms with van der Waals surface area (Å²) < 4.78 is 0. The molecule has 4 unspecified atom stereocenters. The highest BCUT2D eigenvalue weighted by Crippen LogP contribution is 2.47. The van der Waals surface area contributed by atoms with Gasteiger partial charge >= 0.3 is 0 Å². The topological polar surface area (TPSA) is 0 Å². The first-order chi connectivity index (χ1) is 7.67. The normalized spacial score (nSPS) is 32.9. The highest BCUT2D eigenvalue weighted by molar-refractivity contribution is 5.31. The van der Waals surface area contributed by atoms with Gasteiger partial charge in [0.05, 0.1) is 0 Å². The lowest BCUT2D eigenvalue weighted by Gasteiger charge is -2.19. The molecule has 2 rings (SSSR count). The molecular weight excluding hydrogens is 204 g/mol. The zero-order valence-electron chi connectivity index (χ0n) is 10.4. The molecule has 0 aromatic rings. The van der Waals surface area contributed by atoms with Crippen molar-refractivity contribution in [2.24, 2.45) is 23.7 Å². The van der Waals surface area contributed by atoms with Crippen LogP contribution in [-0.2, 0) is 0 Å². The van der Waals surface area contributed by atoms with E-state index in [-0.39, 0.29) is 7.43 Å².